The molecule has 8 aromatic rings. The molecule has 2 aliphatic heterocycles. The van der Waals surface area contributed by atoms with Gasteiger partial charge in [0.05, 0.1) is 0 Å². The van der Waals surface area contributed by atoms with E-state index in [0.29, 0.717) is 0 Å². The van der Waals surface area contributed by atoms with Gasteiger partial charge >= 0.3 is 0 Å². The first-order valence-corrected chi connectivity index (χ1v) is 16.0. The summed E-state index contributed by atoms with van der Waals surface area (Å²) in [5.74, 6) is 1.77. The van der Waals surface area contributed by atoms with Crippen molar-refractivity contribution in [1.82, 2.24) is 0 Å². The van der Waals surface area contributed by atoms with Gasteiger partial charge in [-0.1, -0.05) is 78.9 Å². The Balaban J connectivity index is 1.15. The molecule has 0 spiro atoms. The average Bonchev–Trinajstić information content (AvgIpc) is 3.48. The Morgan fingerprint density at radius 2 is 1.13 bits per heavy atom. The monoisotopic (exact) mass is 602 g/mol. The number of anilines is 6. The molecule has 4 nitrogen and oxygen atoms in total. The number of furan rings is 1. The highest BCUT2D eigenvalue weighted by molar-refractivity contribution is 6.99. The normalized spacial score (nSPS) is 12.8. The number of ether oxygens (including phenoxy) is 1. The molecule has 47 heavy (non-hydrogen) atoms. The predicted octanol–water partition coefficient (Wildman–Crippen LogP) is 9.46. The number of nitrogens with zero attached hydrogens (tertiary/aromatic N) is 2. The minimum Gasteiger partial charge on any atom is -0.458 e. The molecule has 10 rings (SSSR count). The van der Waals surface area contributed by atoms with Crippen LogP contribution in [0.4, 0.5) is 34.1 Å². The Morgan fingerprint density at radius 3 is 1.89 bits per heavy atom. The van der Waals surface area contributed by atoms with Gasteiger partial charge in [0.2, 0.25) is 0 Å². The quantitative estimate of drug-likeness (QED) is 0.188. The first kappa shape index (κ1) is 26.1. The minimum atomic E-state index is 0.0148. The standard InChI is InChI=1S/C42H27BN2O2/c1-4-13-28(14-5-1)44(29-15-6-2-7-16-29)31-23-24-32-33-26-41-35(27-40(33)47-39(32)25-31)43-34-19-10-11-20-36(34)45(30-17-8-3-9-18-30)37-21-12-22-38(46-41)42(37)43/h1-27H. The highest BCUT2D eigenvalue weighted by Gasteiger charge is 2.41. The zero-order valence-electron chi connectivity index (χ0n) is 25.4. The van der Waals surface area contributed by atoms with E-state index in [1.807, 2.05) is 12.1 Å². The van der Waals surface area contributed by atoms with E-state index in [0.717, 1.165) is 67.3 Å². The molecule has 0 atom stereocenters. The van der Waals surface area contributed by atoms with Gasteiger partial charge in [-0.2, -0.15) is 0 Å². The molecule has 0 amide bonds. The summed E-state index contributed by atoms with van der Waals surface area (Å²) in [7, 11) is 0. The fourth-order valence-corrected chi connectivity index (χ4v) is 7.49. The van der Waals surface area contributed by atoms with Crippen LogP contribution in [0, 0.1) is 0 Å². The third-order valence-corrected chi connectivity index (χ3v) is 9.48. The third-order valence-electron chi connectivity index (χ3n) is 9.48. The summed E-state index contributed by atoms with van der Waals surface area (Å²) in [6.45, 7) is 0.0148. The molecule has 220 valence electrons. The van der Waals surface area contributed by atoms with Gasteiger partial charge in [0.1, 0.15) is 22.7 Å². The highest BCUT2D eigenvalue weighted by atomic mass is 16.5. The fourth-order valence-electron chi connectivity index (χ4n) is 7.49. The molecule has 0 fully saturated rings. The highest BCUT2D eigenvalue weighted by Crippen LogP contribution is 2.43. The molecule has 0 bridgehead atoms. The van der Waals surface area contributed by atoms with Crippen molar-refractivity contribution in [2.24, 2.45) is 0 Å². The van der Waals surface area contributed by atoms with Gasteiger partial charge in [-0.3, -0.25) is 0 Å². The van der Waals surface area contributed by atoms with E-state index in [9.17, 15) is 0 Å². The Kier molecular flexibility index (Phi) is 5.63. The lowest BCUT2D eigenvalue weighted by Crippen LogP contribution is -2.59. The maximum Gasteiger partial charge on any atom is 0.256 e. The van der Waals surface area contributed by atoms with Crippen molar-refractivity contribution in [3.63, 3.8) is 0 Å². The summed E-state index contributed by atoms with van der Waals surface area (Å²) in [4.78, 5) is 4.61. The summed E-state index contributed by atoms with van der Waals surface area (Å²) in [6.07, 6.45) is 0. The maximum absolute atomic E-state index is 6.75. The van der Waals surface area contributed by atoms with Gasteiger partial charge in [-0.05, 0) is 95.3 Å². The summed E-state index contributed by atoms with van der Waals surface area (Å²) in [5.41, 5.74) is 11.9. The molecule has 0 unspecified atom stereocenters. The van der Waals surface area contributed by atoms with Gasteiger partial charge in [0.25, 0.3) is 6.71 Å². The first-order valence-electron chi connectivity index (χ1n) is 16.0. The second-order valence-corrected chi connectivity index (χ2v) is 12.1. The molecule has 5 heteroatoms. The van der Waals surface area contributed by atoms with Crippen LogP contribution in [0.25, 0.3) is 21.9 Å². The lowest BCUT2D eigenvalue weighted by Gasteiger charge is -2.39. The van der Waals surface area contributed by atoms with E-state index in [2.05, 4.69) is 161 Å². The van der Waals surface area contributed by atoms with E-state index in [1.165, 1.54) is 16.6 Å². The van der Waals surface area contributed by atoms with Crippen molar-refractivity contribution >= 4 is 79.2 Å². The molecule has 1 aromatic heterocycles. The van der Waals surface area contributed by atoms with Crippen molar-refractivity contribution < 1.29 is 9.15 Å². The van der Waals surface area contributed by atoms with Crippen molar-refractivity contribution in [3.05, 3.63) is 164 Å². The fraction of sp³-hybridized carbons (Fsp3) is 0. The summed E-state index contributed by atoms with van der Waals surface area (Å²) < 4.78 is 13.4. The van der Waals surface area contributed by atoms with Crippen LogP contribution >= 0.6 is 0 Å². The molecule has 2 aliphatic rings. The maximum atomic E-state index is 6.75. The lowest BCUT2D eigenvalue weighted by molar-refractivity contribution is 0.488. The SMILES string of the molecule is c1ccc(N(c2ccccc2)c2ccc3c(c2)oc2cc4c(cc23)Oc2cccc3c2B4c2ccccc2N3c2ccccc2)cc1. The average molecular weight is 603 g/mol. The van der Waals surface area contributed by atoms with E-state index < -0.39 is 0 Å². The predicted molar refractivity (Wildman–Crippen MR) is 194 cm³/mol. The van der Waals surface area contributed by atoms with Crippen molar-refractivity contribution in [2.75, 3.05) is 9.80 Å². The van der Waals surface area contributed by atoms with Gasteiger partial charge < -0.3 is 19.0 Å². The van der Waals surface area contributed by atoms with Crippen LogP contribution in [-0.2, 0) is 0 Å². The molecule has 0 saturated carbocycles. The van der Waals surface area contributed by atoms with E-state index in [1.54, 1.807) is 0 Å². The van der Waals surface area contributed by atoms with Gasteiger partial charge in [0.15, 0.2) is 0 Å². The first-order chi connectivity index (χ1) is 23.3. The largest absolute Gasteiger partial charge is 0.458 e. The Hall–Kier alpha value is -6.20. The summed E-state index contributed by atoms with van der Waals surface area (Å²) >= 11 is 0. The molecule has 0 N–H and O–H groups in total. The van der Waals surface area contributed by atoms with Gasteiger partial charge in [-0.15, -0.1) is 0 Å². The van der Waals surface area contributed by atoms with Crippen LogP contribution in [0.15, 0.2) is 168 Å². The van der Waals surface area contributed by atoms with Crippen LogP contribution in [0.1, 0.15) is 0 Å². The van der Waals surface area contributed by atoms with Crippen LogP contribution < -0.4 is 30.9 Å². The van der Waals surface area contributed by atoms with Crippen molar-refractivity contribution in [1.29, 1.82) is 0 Å². The zero-order valence-corrected chi connectivity index (χ0v) is 25.4. The molecule has 0 saturated heterocycles. The second kappa shape index (κ2) is 10.2. The lowest BCUT2D eigenvalue weighted by atomic mass is 9.34. The van der Waals surface area contributed by atoms with Crippen molar-refractivity contribution in [3.8, 4) is 11.5 Å². The van der Waals surface area contributed by atoms with Crippen LogP contribution in [0.3, 0.4) is 0 Å². The van der Waals surface area contributed by atoms with E-state index in [4.69, 9.17) is 9.15 Å². The number of rotatable bonds is 4. The molecule has 7 aromatic carbocycles. The van der Waals surface area contributed by atoms with Crippen molar-refractivity contribution in [2.45, 2.75) is 0 Å². The molecule has 3 heterocycles. The van der Waals surface area contributed by atoms with Gasteiger partial charge in [0, 0.05) is 51.0 Å². The smallest absolute Gasteiger partial charge is 0.256 e. The van der Waals surface area contributed by atoms with Gasteiger partial charge in [-0.25, -0.2) is 0 Å². The minimum absolute atomic E-state index is 0.0148. The summed E-state index contributed by atoms with van der Waals surface area (Å²) in [5, 5.41) is 2.11. The molecule has 0 radical (unpaired) electrons. The number of fused-ring (bicyclic) bond motifs is 7. The zero-order chi connectivity index (χ0) is 30.9. The number of benzene rings is 7. The Labute approximate surface area is 272 Å². The number of hydrogen-bond acceptors (Lipinski definition) is 4. The third kappa shape index (κ3) is 3.96. The number of hydrogen-bond donors (Lipinski definition) is 0. The molecular weight excluding hydrogens is 575 g/mol. The Morgan fingerprint density at radius 1 is 0.468 bits per heavy atom. The molecule has 0 aliphatic carbocycles. The van der Waals surface area contributed by atoms with E-state index >= 15 is 0 Å². The topological polar surface area (TPSA) is 28.9 Å². The second-order valence-electron chi connectivity index (χ2n) is 12.1. The molecular formula is C42H27BN2O2. The van der Waals surface area contributed by atoms with Crippen LogP contribution in [0.5, 0.6) is 11.5 Å². The summed E-state index contributed by atoms with van der Waals surface area (Å²) in [6, 6.07) is 57.5. The van der Waals surface area contributed by atoms with Crippen LogP contribution in [0.2, 0.25) is 0 Å². The van der Waals surface area contributed by atoms with Crippen LogP contribution in [-0.4, -0.2) is 6.71 Å². The number of para-hydroxylation sites is 4. The van der Waals surface area contributed by atoms with E-state index in [-0.39, 0.29) is 6.71 Å². The Bertz CT molecular complexity index is 2420.